The van der Waals surface area contributed by atoms with Gasteiger partial charge in [0.15, 0.2) is 0 Å². The summed E-state index contributed by atoms with van der Waals surface area (Å²) < 4.78 is 0. The Hall–Kier alpha value is -0.0800. The molecular formula is C15H32N2. The number of nitrogens with two attached hydrogens (primary N) is 1. The van der Waals surface area contributed by atoms with E-state index in [1.807, 2.05) is 0 Å². The quantitative estimate of drug-likeness (QED) is 0.799. The van der Waals surface area contributed by atoms with E-state index >= 15 is 0 Å². The van der Waals surface area contributed by atoms with E-state index in [0.29, 0.717) is 6.04 Å². The van der Waals surface area contributed by atoms with Crippen LogP contribution in [0.3, 0.4) is 0 Å². The van der Waals surface area contributed by atoms with Crippen LogP contribution in [0.1, 0.15) is 59.3 Å². The van der Waals surface area contributed by atoms with Crippen LogP contribution >= 0.6 is 0 Å². The zero-order valence-electron chi connectivity index (χ0n) is 12.5. The van der Waals surface area contributed by atoms with Crippen LogP contribution < -0.4 is 5.73 Å². The van der Waals surface area contributed by atoms with E-state index in [0.717, 1.165) is 11.8 Å². The van der Waals surface area contributed by atoms with Crippen molar-refractivity contribution >= 4 is 0 Å². The van der Waals surface area contributed by atoms with E-state index < -0.39 is 0 Å². The van der Waals surface area contributed by atoms with Crippen molar-refractivity contribution in [2.75, 3.05) is 14.1 Å². The second-order valence-electron chi connectivity index (χ2n) is 6.56. The summed E-state index contributed by atoms with van der Waals surface area (Å²) >= 11 is 0. The van der Waals surface area contributed by atoms with Gasteiger partial charge in [0.25, 0.3) is 0 Å². The lowest BCUT2D eigenvalue weighted by atomic mass is 9.69. The zero-order chi connectivity index (χ0) is 13.1. The molecule has 0 saturated heterocycles. The van der Waals surface area contributed by atoms with E-state index in [2.05, 4.69) is 39.8 Å². The van der Waals surface area contributed by atoms with Gasteiger partial charge in [0.2, 0.25) is 0 Å². The summed E-state index contributed by atoms with van der Waals surface area (Å²) in [7, 11) is 4.43. The molecule has 0 aromatic heterocycles. The van der Waals surface area contributed by atoms with Gasteiger partial charge in [-0.1, -0.05) is 40.0 Å². The Morgan fingerprint density at radius 3 is 2.53 bits per heavy atom. The Morgan fingerprint density at radius 1 is 1.41 bits per heavy atom. The monoisotopic (exact) mass is 240 g/mol. The predicted molar refractivity (Wildman–Crippen MR) is 76.1 cm³/mol. The molecule has 0 bridgehead atoms. The summed E-state index contributed by atoms with van der Waals surface area (Å²) in [6, 6.07) is 0.329. The third-order valence-electron chi connectivity index (χ3n) is 4.94. The highest BCUT2D eigenvalue weighted by Gasteiger charge is 2.42. The van der Waals surface area contributed by atoms with Gasteiger partial charge in [-0.3, -0.25) is 0 Å². The zero-order valence-corrected chi connectivity index (χ0v) is 12.5. The minimum Gasteiger partial charge on any atom is -0.326 e. The molecule has 1 aliphatic rings. The van der Waals surface area contributed by atoms with Gasteiger partial charge >= 0.3 is 0 Å². The van der Waals surface area contributed by atoms with Crippen molar-refractivity contribution in [1.82, 2.24) is 4.90 Å². The van der Waals surface area contributed by atoms with Gasteiger partial charge in [-0.15, -0.1) is 0 Å². The van der Waals surface area contributed by atoms with Gasteiger partial charge in [0.1, 0.15) is 0 Å². The van der Waals surface area contributed by atoms with E-state index in [-0.39, 0.29) is 5.54 Å². The van der Waals surface area contributed by atoms with Crippen molar-refractivity contribution in [1.29, 1.82) is 0 Å². The van der Waals surface area contributed by atoms with Crippen LogP contribution in [0.25, 0.3) is 0 Å². The van der Waals surface area contributed by atoms with Crippen molar-refractivity contribution < 1.29 is 0 Å². The molecule has 1 fully saturated rings. The molecule has 4 unspecified atom stereocenters. The predicted octanol–water partition coefficient (Wildman–Crippen LogP) is 3.26. The van der Waals surface area contributed by atoms with Crippen molar-refractivity contribution in [2.24, 2.45) is 17.6 Å². The highest BCUT2D eigenvalue weighted by Crippen LogP contribution is 2.39. The molecular weight excluding hydrogens is 208 g/mol. The first-order valence-corrected chi connectivity index (χ1v) is 7.35. The maximum absolute atomic E-state index is 6.58. The highest BCUT2D eigenvalue weighted by molar-refractivity contribution is 5.00. The lowest BCUT2D eigenvalue weighted by Crippen LogP contribution is -2.59. The molecule has 0 radical (unpaired) electrons. The molecule has 2 nitrogen and oxygen atoms in total. The Kier molecular flexibility index (Phi) is 5.46. The average molecular weight is 240 g/mol. The van der Waals surface area contributed by atoms with Crippen molar-refractivity contribution in [3.8, 4) is 0 Å². The minimum absolute atomic E-state index is 0.251. The summed E-state index contributed by atoms with van der Waals surface area (Å²) in [5.74, 6) is 1.58. The summed E-state index contributed by atoms with van der Waals surface area (Å²) in [5, 5.41) is 0. The van der Waals surface area contributed by atoms with Gasteiger partial charge in [-0.05, 0) is 45.2 Å². The Morgan fingerprint density at radius 2 is 2.06 bits per heavy atom. The molecule has 2 N–H and O–H groups in total. The fourth-order valence-corrected chi connectivity index (χ4v) is 3.46. The molecule has 102 valence electrons. The molecule has 1 saturated carbocycles. The van der Waals surface area contributed by atoms with E-state index in [1.165, 1.54) is 38.5 Å². The molecule has 0 spiro atoms. The van der Waals surface area contributed by atoms with E-state index in [1.54, 1.807) is 0 Å². The third kappa shape index (κ3) is 3.45. The largest absolute Gasteiger partial charge is 0.326 e. The molecule has 4 atom stereocenters. The molecule has 0 aromatic carbocycles. The summed E-state index contributed by atoms with van der Waals surface area (Å²) in [6.07, 6.45) is 7.69. The average Bonchev–Trinajstić information content (AvgIpc) is 2.28. The molecule has 1 aliphatic carbocycles. The van der Waals surface area contributed by atoms with Crippen LogP contribution in [-0.2, 0) is 0 Å². The number of rotatable bonds is 5. The van der Waals surface area contributed by atoms with Crippen LogP contribution in [0.4, 0.5) is 0 Å². The smallest absolute Gasteiger partial charge is 0.0356 e. The van der Waals surface area contributed by atoms with Crippen molar-refractivity contribution in [3.05, 3.63) is 0 Å². The topological polar surface area (TPSA) is 29.3 Å². The van der Waals surface area contributed by atoms with Gasteiger partial charge in [-0.25, -0.2) is 0 Å². The van der Waals surface area contributed by atoms with Gasteiger partial charge in [0.05, 0.1) is 0 Å². The summed E-state index contributed by atoms with van der Waals surface area (Å²) in [6.45, 7) is 6.98. The van der Waals surface area contributed by atoms with Crippen LogP contribution in [0, 0.1) is 11.8 Å². The second kappa shape index (κ2) is 6.19. The number of hydrogen-bond acceptors (Lipinski definition) is 2. The Labute approximate surface area is 108 Å². The molecule has 0 amide bonds. The van der Waals surface area contributed by atoms with Crippen molar-refractivity contribution in [3.63, 3.8) is 0 Å². The summed E-state index contributed by atoms with van der Waals surface area (Å²) in [4.78, 5) is 2.41. The molecule has 17 heavy (non-hydrogen) atoms. The van der Waals surface area contributed by atoms with Crippen LogP contribution in [0.5, 0.6) is 0 Å². The first kappa shape index (κ1) is 15.0. The van der Waals surface area contributed by atoms with E-state index in [9.17, 15) is 0 Å². The minimum atomic E-state index is 0.251. The maximum Gasteiger partial charge on any atom is 0.0356 e. The molecule has 2 heteroatoms. The Balaban J connectivity index is 2.76. The van der Waals surface area contributed by atoms with Gasteiger partial charge in [0, 0.05) is 11.6 Å². The van der Waals surface area contributed by atoms with Crippen molar-refractivity contribution in [2.45, 2.75) is 70.9 Å². The number of hydrogen-bond donors (Lipinski definition) is 1. The number of likely N-dealkylation sites (N-methyl/N-ethyl adjacent to an activating group) is 1. The number of nitrogens with zero attached hydrogens (tertiary/aromatic N) is 1. The second-order valence-corrected chi connectivity index (χ2v) is 6.56. The van der Waals surface area contributed by atoms with Gasteiger partial charge in [-0.2, -0.15) is 0 Å². The maximum atomic E-state index is 6.58. The normalized spacial score (nSPS) is 33.7. The molecule has 0 aromatic rings. The lowest BCUT2D eigenvalue weighted by molar-refractivity contribution is 0.0428. The summed E-state index contributed by atoms with van der Waals surface area (Å²) in [5.41, 5.74) is 6.83. The van der Waals surface area contributed by atoms with Crippen LogP contribution in [0.15, 0.2) is 0 Å². The highest BCUT2D eigenvalue weighted by atomic mass is 15.2. The first-order valence-electron chi connectivity index (χ1n) is 7.35. The van der Waals surface area contributed by atoms with Gasteiger partial charge < -0.3 is 10.6 Å². The fourth-order valence-electron chi connectivity index (χ4n) is 3.46. The van der Waals surface area contributed by atoms with Crippen LogP contribution in [0.2, 0.25) is 0 Å². The van der Waals surface area contributed by atoms with E-state index in [4.69, 9.17) is 5.73 Å². The third-order valence-corrected chi connectivity index (χ3v) is 4.94. The molecule has 0 aliphatic heterocycles. The van der Waals surface area contributed by atoms with Crippen LogP contribution in [-0.4, -0.2) is 30.6 Å². The Bertz CT molecular complexity index is 227. The fraction of sp³-hybridized carbons (Fsp3) is 1.00. The first-order chi connectivity index (χ1) is 7.92. The molecule has 0 heterocycles. The SMILES string of the molecule is CCC(C)CC(N)C1(N(C)C)CCCC(C)C1. The molecule has 1 rings (SSSR count). The standard InChI is InChI=1S/C15H32N2/c1-6-12(2)10-14(16)15(17(4)5)9-7-8-13(3)11-15/h12-14H,6-11,16H2,1-5H3. The lowest BCUT2D eigenvalue weighted by Gasteiger charge is -2.49.